The first-order valence-electron chi connectivity index (χ1n) is 6.08. The number of alkyl halides is 1. The van der Waals surface area contributed by atoms with Gasteiger partial charge in [0.15, 0.2) is 5.17 Å². The number of hydrogen-bond donors (Lipinski definition) is 0. The summed E-state index contributed by atoms with van der Waals surface area (Å²) in [6.45, 7) is 9.20. The van der Waals surface area contributed by atoms with Crippen LogP contribution in [0, 0.1) is 0 Å². The van der Waals surface area contributed by atoms with E-state index in [1.807, 2.05) is 11.8 Å². The van der Waals surface area contributed by atoms with Crippen LogP contribution in [0.5, 0.6) is 0 Å². The first-order valence-corrected chi connectivity index (χ1v) is 8.08. The van der Waals surface area contributed by atoms with E-state index in [0.29, 0.717) is 5.25 Å². The average molecular weight is 306 g/mol. The molecule has 0 aromatic rings. The van der Waals surface area contributed by atoms with Crippen LogP contribution in [0.4, 0.5) is 0 Å². The Kier molecular flexibility index (Phi) is 4.97. The summed E-state index contributed by atoms with van der Waals surface area (Å²) in [7, 11) is 0. The molecule has 1 saturated heterocycles. The summed E-state index contributed by atoms with van der Waals surface area (Å²) in [5.74, 6) is 0. The van der Waals surface area contributed by atoms with Crippen molar-refractivity contribution in [3.8, 4) is 0 Å². The highest BCUT2D eigenvalue weighted by atomic mass is 79.9. The van der Waals surface area contributed by atoms with Gasteiger partial charge in [0.1, 0.15) is 0 Å². The third kappa shape index (κ3) is 3.14. The van der Waals surface area contributed by atoms with Gasteiger partial charge in [0, 0.05) is 36.8 Å². The SMILES string of the molecule is CCCN1CCN(C2=NCC(CBr)S2)CC1. The molecule has 1 fully saturated rings. The van der Waals surface area contributed by atoms with Crippen molar-refractivity contribution in [2.75, 3.05) is 44.6 Å². The Bertz CT molecular complexity index is 252. The van der Waals surface area contributed by atoms with Crippen LogP contribution in [0.25, 0.3) is 0 Å². The van der Waals surface area contributed by atoms with E-state index < -0.39 is 0 Å². The van der Waals surface area contributed by atoms with E-state index in [-0.39, 0.29) is 0 Å². The number of nitrogens with zero attached hydrogens (tertiary/aromatic N) is 3. The third-order valence-corrected chi connectivity index (χ3v) is 5.51. The second kappa shape index (κ2) is 6.26. The largest absolute Gasteiger partial charge is 0.349 e. The highest BCUT2D eigenvalue weighted by molar-refractivity contribution is 9.09. The van der Waals surface area contributed by atoms with Gasteiger partial charge in [-0.1, -0.05) is 34.6 Å². The van der Waals surface area contributed by atoms with E-state index in [2.05, 4.69) is 37.6 Å². The lowest BCUT2D eigenvalue weighted by Crippen LogP contribution is -2.47. The molecule has 0 saturated carbocycles. The summed E-state index contributed by atoms with van der Waals surface area (Å²) < 4.78 is 0. The van der Waals surface area contributed by atoms with Gasteiger partial charge in [0.25, 0.3) is 0 Å². The van der Waals surface area contributed by atoms with Crippen LogP contribution in [-0.2, 0) is 0 Å². The molecule has 3 nitrogen and oxygen atoms in total. The minimum absolute atomic E-state index is 0.656. The Morgan fingerprint density at radius 3 is 2.69 bits per heavy atom. The number of hydrogen-bond acceptors (Lipinski definition) is 4. The first kappa shape index (κ1) is 12.7. The predicted molar refractivity (Wildman–Crippen MR) is 75.8 cm³/mol. The topological polar surface area (TPSA) is 18.8 Å². The van der Waals surface area contributed by atoms with Gasteiger partial charge in [-0.2, -0.15) is 0 Å². The molecule has 0 aliphatic carbocycles. The van der Waals surface area contributed by atoms with Crippen molar-refractivity contribution in [2.24, 2.45) is 4.99 Å². The molecule has 0 aromatic carbocycles. The minimum atomic E-state index is 0.656. The van der Waals surface area contributed by atoms with E-state index in [0.717, 1.165) is 25.0 Å². The highest BCUT2D eigenvalue weighted by Gasteiger charge is 2.25. The van der Waals surface area contributed by atoms with Gasteiger partial charge in [-0.15, -0.1) is 0 Å². The Morgan fingerprint density at radius 1 is 1.38 bits per heavy atom. The molecule has 2 rings (SSSR count). The van der Waals surface area contributed by atoms with Gasteiger partial charge < -0.3 is 4.90 Å². The number of amidine groups is 1. The Balaban J connectivity index is 1.77. The van der Waals surface area contributed by atoms with Crippen LogP contribution >= 0.6 is 27.7 Å². The second-order valence-corrected chi connectivity index (χ2v) is 6.26. The summed E-state index contributed by atoms with van der Waals surface area (Å²) in [5, 5.41) is 2.99. The molecule has 0 amide bonds. The maximum atomic E-state index is 4.64. The van der Waals surface area contributed by atoms with Crippen LogP contribution in [0.15, 0.2) is 4.99 Å². The Morgan fingerprint density at radius 2 is 2.12 bits per heavy atom. The molecular formula is C11H20BrN3S. The van der Waals surface area contributed by atoms with Crippen LogP contribution in [0.3, 0.4) is 0 Å². The average Bonchev–Trinajstić information content (AvgIpc) is 2.79. The van der Waals surface area contributed by atoms with Crippen molar-refractivity contribution in [1.82, 2.24) is 9.80 Å². The van der Waals surface area contributed by atoms with Gasteiger partial charge in [0.05, 0.1) is 6.54 Å². The van der Waals surface area contributed by atoms with Gasteiger partial charge in [-0.3, -0.25) is 9.89 Å². The summed E-state index contributed by atoms with van der Waals surface area (Å²) in [6.07, 6.45) is 1.27. The van der Waals surface area contributed by atoms with E-state index in [9.17, 15) is 0 Å². The summed E-state index contributed by atoms with van der Waals surface area (Å²) >= 11 is 5.48. The van der Waals surface area contributed by atoms with Gasteiger partial charge in [0.2, 0.25) is 0 Å². The number of aliphatic imine (C=N–C) groups is 1. The summed E-state index contributed by atoms with van der Waals surface area (Å²) in [6, 6.07) is 0. The molecule has 2 heterocycles. The monoisotopic (exact) mass is 305 g/mol. The zero-order chi connectivity index (χ0) is 11.4. The lowest BCUT2D eigenvalue weighted by molar-refractivity contribution is 0.184. The van der Waals surface area contributed by atoms with Gasteiger partial charge >= 0.3 is 0 Å². The first-order chi connectivity index (χ1) is 7.83. The van der Waals surface area contributed by atoms with Gasteiger partial charge in [-0.05, 0) is 13.0 Å². The second-order valence-electron chi connectivity index (χ2n) is 4.35. The molecule has 0 bridgehead atoms. The molecule has 0 spiro atoms. The van der Waals surface area contributed by atoms with Crippen molar-refractivity contribution >= 4 is 32.9 Å². The molecular weight excluding hydrogens is 286 g/mol. The van der Waals surface area contributed by atoms with Gasteiger partial charge in [-0.25, -0.2) is 0 Å². The maximum Gasteiger partial charge on any atom is 0.159 e. The molecule has 2 aliphatic rings. The smallest absolute Gasteiger partial charge is 0.159 e. The molecule has 16 heavy (non-hydrogen) atoms. The molecule has 0 aromatic heterocycles. The van der Waals surface area contributed by atoms with E-state index in [4.69, 9.17) is 0 Å². The Labute approximate surface area is 111 Å². The van der Waals surface area contributed by atoms with Crippen molar-refractivity contribution in [3.63, 3.8) is 0 Å². The fraction of sp³-hybridized carbons (Fsp3) is 0.909. The predicted octanol–water partition coefficient (Wildman–Crippen LogP) is 1.88. The van der Waals surface area contributed by atoms with Crippen LogP contribution in [0.2, 0.25) is 0 Å². The zero-order valence-corrected chi connectivity index (χ0v) is 12.3. The van der Waals surface area contributed by atoms with E-state index in [1.54, 1.807) is 0 Å². The fourth-order valence-corrected chi connectivity index (χ4v) is 3.73. The fourth-order valence-electron chi connectivity index (χ4n) is 2.14. The highest BCUT2D eigenvalue weighted by Crippen LogP contribution is 2.25. The van der Waals surface area contributed by atoms with Crippen LogP contribution in [-0.4, -0.2) is 64.8 Å². The molecule has 2 aliphatic heterocycles. The quantitative estimate of drug-likeness (QED) is 0.742. The van der Waals surface area contributed by atoms with Crippen molar-refractivity contribution in [1.29, 1.82) is 0 Å². The molecule has 0 N–H and O–H groups in total. The minimum Gasteiger partial charge on any atom is -0.349 e. The van der Waals surface area contributed by atoms with Crippen LogP contribution in [0.1, 0.15) is 13.3 Å². The lowest BCUT2D eigenvalue weighted by atomic mass is 10.3. The maximum absolute atomic E-state index is 4.64. The third-order valence-electron chi connectivity index (χ3n) is 3.06. The number of halogens is 1. The van der Waals surface area contributed by atoms with E-state index in [1.165, 1.54) is 31.2 Å². The Hall–Kier alpha value is 0.260. The van der Waals surface area contributed by atoms with Crippen LogP contribution < -0.4 is 0 Å². The van der Waals surface area contributed by atoms with E-state index >= 15 is 0 Å². The number of piperazine rings is 1. The number of thioether (sulfide) groups is 1. The molecule has 1 atom stereocenters. The zero-order valence-electron chi connectivity index (χ0n) is 9.86. The van der Waals surface area contributed by atoms with Crippen molar-refractivity contribution in [2.45, 2.75) is 18.6 Å². The summed E-state index contributed by atoms with van der Waals surface area (Å²) in [5.41, 5.74) is 0. The lowest BCUT2D eigenvalue weighted by Gasteiger charge is -2.35. The molecule has 92 valence electrons. The molecule has 1 unspecified atom stereocenters. The van der Waals surface area contributed by atoms with Crippen molar-refractivity contribution < 1.29 is 0 Å². The summed E-state index contributed by atoms with van der Waals surface area (Å²) in [4.78, 5) is 9.65. The number of rotatable bonds is 3. The van der Waals surface area contributed by atoms with Crippen molar-refractivity contribution in [3.05, 3.63) is 0 Å². The standard InChI is InChI=1S/C11H20BrN3S/c1-2-3-14-4-6-15(7-5-14)11-13-9-10(8-12)16-11/h10H,2-9H2,1H3. The molecule has 0 radical (unpaired) electrons. The normalized spacial score (nSPS) is 27.2. The molecule has 5 heteroatoms.